The monoisotopic (exact) mass is 310 g/mol. The van der Waals surface area contributed by atoms with E-state index in [2.05, 4.69) is 5.32 Å². The fraction of sp³-hybridized carbons (Fsp3) is 0.636. The van der Waals surface area contributed by atoms with Crippen molar-refractivity contribution >= 4 is 21.4 Å². The van der Waals surface area contributed by atoms with Crippen LogP contribution in [0.15, 0.2) is 15.7 Å². The normalized spacial score (nSPS) is 16.5. The summed E-state index contributed by atoms with van der Waals surface area (Å²) in [5.41, 5.74) is 0.876. The Hall–Kier alpha value is -0.570. The largest absolute Gasteiger partial charge is 0.310 e. The smallest absolute Gasteiger partial charge is 0.252 e. The van der Waals surface area contributed by atoms with E-state index >= 15 is 0 Å². The van der Waals surface area contributed by atoms with E-state index in [1.54, 1.807) is 11.4 Å². The Labute approximate surface area is 115 Å². The fourth-order valence-corrected chi connectivity index (χ4v) is 4.14. The molecule has 0 bridgehead atoms. The topological polar surface area (TPSA) is 49.4 Å². The van der Waals surface area contributed by atoms with Gasteiger partial charge in [0.05, 0.1) is 6.54 Å². The molecule has 1 aromatic rings. The van der Waals surface area contributed by atoms with Gasteiger partial charge < -0.3 is 5.32 Å². The first-order valence-corrected chi connectivity index (χ1v) is 8.27. The van der Waals surface area contributed by atoms with E-state index in [4.69, 9.17) is 0 Å². The number of rotatable bonds is 7. The molecule has 1 fully saturated rings. The molecule has 1 saturated carbocycles. The minimum Gasteiger partial charge on any atom is -0.310 e. The van der Waals surface area contributed by atoms with Gasteiger partial charge in [-0.2, -0.15) is 4.31 Å². The van der Waals surface area contributed by atoms with E-state index in [0.29, 0.717) is 16.9 Å². The average Bonchev–Trinajstić information content (AvgIpc) is 3.02. The molecule has 0 aromatic carbocycles. The third-order valence-corrected chi connectivity index (χ3v) is 6.15. The Morgan fingerprint density at radius 3 is 2.79 bits per heavy atom. The van der Waals surface area contributed by atoms with Crippen molar-refractivity contribution in [2.75, 3.05) is 13.6 Å². The summed E-state index contributed by atoms with van der Waals surface area (Å²) in [6.07, 6.45) is -0.352. The number of alkyl halides is 2. The molecule has 0 atom stereocenters. The summed E-state index contributed by atoms with van der Waals surface area (Å²) in [5.74, 6) is 0. The Bertz CT molecular complexity index is 527. The SMILES string of the molecule is CN(CC(F)F)S(=O)(=O)c1cc(CNC2CC2)cs1. The minimum atomic E-state index is -3.79. The molecule has 1 aliphatic rings. The molecule has 1 N–H and O–H groups in total. The first kappa shape index (κ1) is 14.8. The highest BCUT2D eigenvalue weighted by Crippen LogP contribution is 2.25. The molecule has 0 aliphatic heterocycles. The summed E-state index contributed by atoms with van der Waals surface area (Å²) < 4.78 is 49.3. The number of sulfonamides is 1. The molecule has 8 heteroatoms. The molecule has 0 saturated heterocycles. The molecule has 19 heavy (non-hydrogen) atoms. The lowest BCUT2D eigenvalue weighted by molar-refractivity contribution is 0.126. The van der Waals surface area contributed by atoms with Crippen LogP contribution in [0.3, 0.4) is 0 Å². The van der Waals surface area contributed by atoms with E-state index in [-0.39, 0.29) is 4.21 Å². The molecule has 108 valence electrons. The maximum Gasteiger partial charge on any atom is 0.252 e. The first-order valence-electron chi connectivity index (χ1n) is 5.95. The van der Waals surface area contributed by atoms with Gasteiger partial charge in [-0.1, -0.05) is 0 Å². The van der Waals surface area contributed by atoms with Gasteiger partial charge in [0, 0.05) is 19.6 Å². The van der Waals surface area contributed by atoms with Crippen molar-refractivity contribution in [2.24, 2.45) is 0 Å². The summed E-state index contributed by atoms with van der Waals surface area (Å²) >= 11 is 1.07. The molecule has 0 unspecified atom stereocenters. The molecular formula is C11H16F2N2O2S2. The van der Waals surface area contributed by atoms with Gasteiger partial charge in [-0.3, -0.25) is 0 Å². The average molecular weight is 310 g/mol. The molecule has 1 heterocycles. The predicted molar refractivity (Wildman–Crippen MR) is 70.0 cm³/mol. The van der Waals surface area contributed by atoms with Crippen molar-refractivity contribution in [2.45, 2.75) is 36.1 Å². The highest BCUT2D eigenvalue weighted by molar-refractivity contribution is 7.91. The van der Waals surface area contributed by atoms with Crippen LogP contribution in [0, 0.1) is 0 Å². The van der Waals surface area contributed by atoms with Crippen LogP contribution in [0.4, 0.5) is 8.78 Å². The zero-order chi connectivity index (χ0) is 14.0. The molecule has 0 amide bonds. The Morgan fingerprint density at radius 2 is 2.21 bits per heavy atom. The van der Waals surface area contributed by atoms with Crippen LogP contribution < -0.4 is 5.32 Å². The van der Waals surface area contributed by atoms with E-state index in [1.165, 1.54) is 7.05 Å². The Balaban J connectivity index is 2.02. The minimum absolute atomic E-state index is 0.114. The zero-order valence-corrected chi connectivity index (χ0v) is 12.1. The van der Waals surface area contributed by atoms with Crippen LogP contribution in [-0.2, 0) is 16.6 Å². The van der Waals surface area contributed by atoms with Crippen molar-refractivity contribution in [3.8, 4) is 0 Å². The van der Waals surface area contributed by atoms with Gasteiger partial charge >= 0.3 is 0 Å². The number of hydrogen-bond donors (Lipinski definition) is 1. The van der Waals surface area contributed by atoms with Crippen molar-refractivity contribution in [1.82, 2.24) is 9.62 Å². The molecule has 1 aromatic heterocycles. The fourth-order valence-electron chi connectivity index (χ4n) is 1.58. The van der Waals surface area contributed by atoms with Gasteiger partial charge in [-0.25, -0.2) is 17.2 Å². The van der Waals surface area contributed by atoms with Crippen molar-refractivity contribution in [3.63, 3.8) is 0 Å². The Kier molecular flexibility index (Phi) is 4.54. The number of hydrogen-bond acceptors (Lipinski definition) is 4. The van der Waals surface area contributed by atoms with E-state index in [9.17, 15) is 17.2 Å². The summed E-state index contributed by atoms with van der Waals surface area (Å²) in [5, 5.41) is 5.03. The number of halogens is 2. The Morgan fingerprint density at radius 1 is 1.53 bits per heavy atom. The van der Waals surface area contributed by atoms with Gasteiger partial charge in [0.2, 0.25) is 0 Å². The number of nitrogens with one attached hydrogen (secondary N) is 1. The predicted octanol–water partition coefficient (Wildman–Crippen LogP) is 1.89. The summed E-state index contributed by atoms with van der Waals surface area (Å²) in [6.45, 7) is -0.162. The summed E-state index contributed by atoms with van der Waals surface area (Å²) in [4.78, 5) is 0. The molecule has 0 spiro atoms. The lowest BCUT2D eigenvalue weighted by atomic mass is 10.3. The third kappa shape index (κ3) is 3.95. The second-order valence-electron chi connectivity index (χ2n) is 4.61. The second kappa shape index (κ2) is 5.82. The van der Waals surface area contributed by atoms with Crippen LogP contribution in [0.5, 0.6) is 0 Å². The molecule has 0 radical (unpaired) electrons. The van der Waals surface area contributed by atoms with Gasteiger partial charge in [0.1, 0.15) is 4.21 Å². The first-order chi connectivity index (χ1) is 8.89. The van der Waals surface area contributed by atoms with Crippen LogP contribution in [0.2, 0.25) is 0 Å². The number of nitrogens with zero attached hydrogens (tertiary/aromatic N) is 1. The van der Waals surface area contributed by atoms with E-state index in [1.807, 2.05) is 0 Å². The summed E-state index contributed by atoms with van der Waals surface area (Å²) in [7, 11) is -2.62. The highest BCUT2D eigenvalue weighted by atomic mass is 32.2. The second-order valence-corrected chi connectivity index (χ2v) is 7.79. The molecule has 2 rings (SSSR count). The summed E-state index contributed by atoms with van der Waals surface area (Å²) in [6, 6.07) is 2.10. The third-order valence-electron chi connectivity index (χ3n) is 2.86. The molecule has 1 aliphatic carbocycles. The maximum atomic E-state index is 12.2. The van der Waals surface area contributed by atoms with Crippen molar-refractivity contribution in [3.05, 3.63) is 17.0 Å². The van der Waals surface area contributed by atoms with Crippen LogP contribution in [-0.4, -0.2) is 38.8 Å². The maximum absolute atomic E-state index is 12.2. The number of thiophene rings is 1. The van der Waals surface area contributed by atoms with Crippen LogP contribution >= 0.6 is 11.3 Å². The zero-order valence-electron chi connectivity index (χ0n) is 10.5. The van der Waals surface area contributed by atoms with E-state index < -0.39 is 23.0 Å². The lowest BCUT2D eigenvalue weighted by Gasteiger charge is -2.14. The van der Waals surface area contributed by atoms with Gasteiger partial charge in [0.15, 0.2) is 0 Å². The van der Waals surface area contributed by atoms with Crippen molar-refractivity contribution in [1.29, 1.82) is 0 Å². The van der Waals surface area contributed by atoms with Gasteiger partial charge in [-0.15, -0.1) is 11.3 Å². The quantitative estimate of drug-likeness (QED) is 0.836. The van der Waals surface area contributed by atoms with Crippen molar-refractivity contribution < 1.29 is 17.2 Å². The molecular weight excluding hydrogens is 294 g/mol. The standard InChI is InChI=1S/C11H16F2N2O2S2/c1-15(6-10(12)13)19(16,17)11-4-8(7-18-11)5-14-9-2-3-9/h4,7,9-10,14H,2-3,5-6H2,1H3. The highest BCUT2D eigenvalue weighted by Gasteiger charge is 2.26. The van der Waals surface area contributed by atoms with Gasteiger partial charge in [0.25, 0.3) is 16.4 Å². The molecule has 4 nitrogen and oxygen atoms in total. The van der Waals surface area contributed by atoms with Crippen LogP contribution in [0.1, 0.15) is 18.4 Å². The van der Waals surface area contributed by atoms with E-state index in [0.717, 1.165) is 29.7 Å². The lowest BCUT2D eigenvalue weighted by Crippen LogP contribution is -2.30. The van der Waals surface area contributed by atoms with Crippen LogP contribution in [0.25, 0.3) is 0 Å². The van der Waals surface area contributed by atoms with Gasteiger partial charge in [-0.05, 0) is 29.9 Å².